The molecule has 0 amide bonds. The van der Waals surface area contributed by atoms with E-state index in [0.29, 0.717) is 4.88 Å². The molecule has 2 heterocycles. The molecule has 0 bridgehead atoms. The molecule has 0 unspecified atom stereocenters. The van der Waals surface area contributed by atoms with Crippen molar-refractivity contribution < 1.29 is 9.90 Å². The Kier molecular flexibility index (Phi) is 1.85. The Morgan fingerprint density at radius 1 is 1.36 bits per heavy atom. The lowest BCUT2D eigenvalue weighted by atomic mass is 10.3. The van der Waals surface area contributed by atoms with Crippen LogP contribution in [-0.4, -0.2) is 20.5 Å². The zero-order valence-corrected chi connectivity index (χ0v) is 8.97. The number of thiazole rings is 1. The van der Waals surface area contributed by atoms with Gasteiger partial charge in [0.05, 0.1) is 5.69 Å². The third-order valence-corrected chi connectivity index (χ3v) is 3.50. The fourth-order valence-corrected chi connectivity index (χ4v) is 2.56. The van der Waals surface area contributed by atoms with E-state index in [2.05, 4.69) is 4.98 Å². The van der Waals surface area contributed by atoms with Gasteiger partial charge in [0.25, 0.3) is 0 Å². The van der Waals surface area contributed by atoms with Gasteiger partial charge in [-0.25, -0.2) is 9.78 Å². The number of nitrogens with zero attached hydrogens (tertiary/aromatic N) is 2. The number of hydrogen-bond donors (Lipinski definition) is 1. The Balaban J connectivity index is 2.84. The lowest BCUT2D eigenvalue weighted by Crippen LogP contribution is -1.98. The largest absolute Gasteiger partial charge is 0.477 e. The molecule has 0 aliphatic rings. The molecule has 14 heavy (non-hydrogen) atoms. The Morgan fingerprint density at radius 3 is 2.50 bits per heavy atom. The molecule has 4 nitrogen and oxygen atoms in total. The topological polar surface area (TPSA) is 54.6 Å². The number of carboxylic acid groups (broad SMARTS) is 1. The average Bonchev–Trinajstić information content (AvgIpc) is 2.54. The van der Waals surface area contributed by atoms with Gasteiger partial charge in [0.15, 0.2) is 4.96 Å². The summed E-state index contributed by atoms with van der Waals surface area (Å²) in [5.41, 5.74) is 2.73. The Bertz CT molecular complexity index is 524. The van der Waals surface area contributed by atoms with Crippen molar-refractivity contribution in [1.82, 2.24) is 9.38 Å². The quantitative estimate of drug-likeness (QED) is 0.783. The maximum atomic E-state index is 10.9. The van der Waals surface area contributed by atoms with E-state index in [-0.39, 0.29) is 0 Å². The van der Waals surface area contributed by atoms with Crippen molar-refractivity contribution in [3.05, 3.63) is 22.0 Å². The molecule has 0 fully saturated rings. The van der Waals surface area contributed by atoms with Gasteiger partial charge in [-0.2, -0.15) is 0 Å². The van der Waals surface area contributed by atoms with Crippen LogP contribution in [0.3, 0.4) is 0 Å². The molecule has 5 heteroatoms. The van der Waals surface area contributed by atoms with Gasteiger partial charge >= 0.3 is 5.97 Å². The lowest BCUT2D eigenvalue weighted by molar-refractivity contribution is 0.0701. The minimum atomic E-state index is -0.880. The van der Waals surface area contributed by atoms with Crippen molar-refractivity contribution in [2.24, 2.45) is 0 Å². The fraction of sp³-hybridized carbons (Fsp3) is 0.333. The summed E-state index contributed by atoms with van der Waals surface area (Å²) in [5.74, 6) is -0.880. The number of fused-ring (bicyclic) bond motifs is 1. The first-order chi connectivity index (χ1) is 6.52. The van der Waals surface area contributed by atoms with Gasteiger partial charge in [-0.15, -0.1) is 0 Å². The van der Waals surface area contributed by atoms with Crippen LogP contribution in [0.2, 0.25) is 0 Å². The van der Waals surface area contributed by atoms with Gasteiger partial charge < -0.3 is 5.11 Å². The Morgan fingerprint density at radius 2 is 2.00 bits per heavy atom. The molecule has 1 N–H and O–H groups in total. The van der Waals surface area contributed by atoms with E-state index in [0.717, 1.165) is 22.0 Å². The second kappa shape index (κ2) is 2.81. The predicted molar refractivity (Wildman–Crippen MR) is 54.2 cm³/mol. The SMILES string of the molecule is Cc1nc2sc(C(=O)O)c(C)n2c1C. The fourth-order valence-electron chi connectivity index (χ4n) is 1.51. The van der Waals surface area contributed by atoms with Crippen molar-refractivity contribution in [3.63, 3.8) is 0 Å². The van der Waals surface area contributed by atoms with E-state index in [1.54, 1.807) is 6.92 Å². The van der Waals surface area contributed by atoms with Gasteiger partial charge in [0.1, 0.15) is 4.88 Å². The molecule has 0 aromatic carbocycles. The van der Waals surface area contributed by atoms with Gasteiger partial charge in [-0.1, -0.05) is 11.3 Å². The maximum absolute atomic E-state index is 10.9. The molecular weight excluding hydrogens is 200 g/mol. The smallest absolute Gasteiger partial charge is 0.347 e. The standard InChI is InChI=1S/C9H10N2O2S/c1-4-5(2)11-6(3)7(8(12)13)14-9(11)10-4/h1-3H3,(H,12,13). The highest BCUT2D eigenvalue weighted by atomic mass is 32.1. The number of rotatable bonds is 1. The highest BCUT2D eigenvalue weighted by Gasteiger charge is 2.17. The zero-order valence-electron chi connectivity index (χ0n) is 8.16. The van der Waals surface area contributed by atoms with Crippen LogP contribution in [0.4, 0.5) is 0 Å². The molecule has 0 radical (unpaired) electrons. The third kappa shape index (κ3) is 1.05. The summed E-state index contributed by atoms with van der Waals surface area (Å²) in [6.45, 7) is 5.68. The first-order valence-corrected chi connectivity index (χ1v) is 5.02. The first-order valence-electron chi connectivity index (χ1n) is 4.20. The van der Waals surface area contributed by atoms with Crippen molar-refractivity contribution in [2.75, 3.05) is 0 Å². The minimum absolute atomic E-state index is 0.371. The highest BCUT2D eigenvalue weighted by Crippen LogP contribution is 2.25. The summed E-state index contributed by atoms with van der Waals surface area (Å²) in [5, 5.41) is 8.91. The zero-order chi connectivity index (χ0) is 10.5. The average molecular weight is 210 g/mol. The van der Waals surface area contributed by atoms with Crippen LogP contribution >= 0.6 is 11.3 Å². The number of imidazole rings is 1. The second-order valence-corrected chi connectivity index (χ2v) is 4.20. The van der Waals surface area contributed by atoms with E-state index in [1.165, 1.54) is 11.3 Å². The van der Waals surface area contributed by atoms with Gasteiger partial charge in [-0.3, -0.25) is 4.40 Å². The van der Waals surface area contributed by atoms with E-state index < -0.39 is 5.97 Å². The molecule has 2 aromatic rings. The summed E-state index contributed by atoms with van der Waals surface area (Å²) in [6.07, 6.45) is 0. The number of aromatic carboxylic acids is 1. The molecule has 0 spiro atoms. The summed E-state index contributed by atoms with van der Waals surface area (Å²) in [6, 6.07) is 0. The van der Waals surface area contributed by atoms with Crippen LogP contribution in [0.1, 0.15) is 26.8 Å². The number of aromatic nitrogens is 2. The molecule has 0 saturated heterocycles. The number of carboxylic acids is 1. The van der Waals surface area contributed by atoms with Crippen molar-refractivity contribution in [3.8, 4) is 0 Å². The minimum Gasteiger partial charge on any atom is -0.477 e. The second-order valence-electron chi connectivity index (χ2n) is 3.22. The van der Waals surface area contributed by atoms with Gasteiger partial charge in [-0.05, 0) is 20.8 Å². The number of carbonyl (C=O) groups is 1. The van der Waals surface area contributed by atoms with Crippen LogP contribution in [-0.2, 0) is 0 Å². The van der Waals surface area contributed by atoms with Gasteiger partial charge in [0, 0.05) is 11.4 Å². The number of aryl methyl sites for hydroxylation is 3. The van der Waals surface area contributed by atoms with Crippen LogP contribution in [0.15, 0.2) is 0 Å². The van der Waals surface area contributed by atoms with E-state index in [1.807, 2.05) is 18.2 Å². The van der Waals surface area contributed by atoms with Crippen LogP contribution in [0, 0.1) is 20.8 Å². The van der Waals surface area contributed by atoms with Crippen LogP contribution in [0.25, 0.3) is 4.96 Å². The van der Waals surface area contributed by atoms with Crippen molar-refractivity contribution >= 4 is 22.3 Å². The lowest BCUT2D eigenvalue weighted by Gasteiger charge is -1.95. The van der Waals surface area contributed by atoms with E-state index in [9.17, 15) is 4.79 Å². The highest BCUT2D eigenvalue weighted by molar-refractivity contribution is 7.19. The first kappa shape index (κ1) is 9.21. The van der Waals surface area contributed by atoms with E-state index >= 15 is 0 Å². The van der Waals surface area contributed by atoms with Crippen LogP contribution in [0.5, 0.6) is 0 Å². The molecule has 0 aliphatic heterocycles. The molecule has 74 valence electrons. The summed E-state index contributed by atoms with van der Waals surface area (Å²) in [4.78, 5) is 16.3. The van der Waals surface area contributed by atoms with Crippen LogP contribution < -0.4 is 0 Å². The maximum Gasteiger partial charge on any atom is 0.347 e. The Hall–Kier alpha value is -1.36. The molecular formula is C9H10N2O2S. The molecule has 0 aliphatic carbocycles. The van der Waals surface area contributed by atoms with Gasteiger partial charge in [0.2, 0.25) is 0 Å². The van der Waals surface area contributed by atoms with Crippen molar-refractivity contribution in [1.29, 1.82) is 0 Å². The third-order valence-electron chi connectivity index (χ3n) is 2.37. The normalized spacial score (nSPS) is 11.1. The molecule has 0 atom stereocenters. The Labute approximate surface area is 84.8 Å². The summed E-state index contributed by atoms with van der Waals surface area (Å²) in [7, 11) is 0. The monoisotopic (exact) mass is 210 g/mol. The summed E-state index contributed by atoms with van der Waals surface area (Å²) >= 11 is 1.22. The van der Waals surface area contributed by atoms with Crippen molar-refractivity contribution in [2.45, 2.75) is 20.8 Å². The number of hydrogen-bond acceptors (Lipinski definition) is 3. The molecule has 2 aromatic heterocycles. The molecule has 0 saturated carbocycles. The molecule has 2 rings (SSSR count). The predicted octanol–water partition coefficient (Wildman–Crippen LogP) is 2.02. The summed E-state index contributed by atoms with van der Waals surface area (Å²) < 4.78 is 1.89. The van der Waals surface area contributed by atoms with E-state index in [4.69, 9.17) is 5.11 Å².